The fourth-order valence-corrected chi connectivity index (χ4v) is 5.42. The van der Waals surface area contributed by atoms with Crippen LogP contribution in [-0.4, -0.2) is 32.5 Å². The highest BCUT2D eigenvalue weighted by Gasteiger charge is 2.26. The lowest BCUT2D eigenvalue weighted by Crippen LogP contribution is -2.37. The van der Waals surface area contributed by atoms with Crippen molar-refractivity contribution < 1.29 is 12.8 Å². The van der Waals surface area contributed by atoms with E-state index < -0.39 is 10.0 Å². The van der Waals surface area contributed by atoms with Crippen molar-refractivity contribution in [3.63, 3.8) is 0 Å². The maximum absolute atomic E-state index is 12.4. The molecule has 2 heterocycles. The number of rotatable bonds is 6. The molecule has 2 N–H and O–H groups in total. The number of thioether (sulfide) groups is 1. The molecule has 0 saturated carbocycles. The van der Waals surface area contributed by atoms with E-state index in [4.69, 9.17) is 4.42 Å². The van der Waals surface area contributed by atoms with E-state index >= 15 is 0 Å². The first-order valence-electron chi connectivity index (χ1n) is 6.62. The average Bonchev–Trinajstić information content (AvgIpc) is 2.79. The molecule has 1 aliphatic heterocycles. The largest absolute Gasteiger partial charge is 0.452 e. The summed E-state index contributed by atoms with van der Waals surface area (Å²) in [6.45, 7) is 3.31. The number of furan rings is 1. The van der Waals surface area contributed by atoms with Gasteiger partial charge >= 0.3 is 0 Å². The summed E-state index contributed by atoms with van der Waals surface area (Å²) in [5.74, 6) is 2.62. The summed E-state index contributed by atoms with van der Waals surface area (Å²) in [7, 11) is -3.52. The lowest BCUT2D eigenvalue weighted by atomic mass is 10.2. The molecule has 0 unspecified atom stereocenters. The Balaban J connectivity index is 2.09. The summed E-state index contributed by atoms with van der Waals surface area (Å²) in [4.78, 5) is 0.184. The van der Waals surface area contributed by atoms with Gasteiger partial charge in [-0.3, -0.25) is 0 Å². The fourth-order valence-electron chi connectivity index (χ4n) is 2.01. The standard InChI is InChI=1S/C12H19BrN2O3S2/c1-2-14-8-10-7-11(12(13)18-10)20(16,17)15-9-3-5-19-6-4-9/h7,9,14-15H,2-6,8H2,1H3. The van der Waals surface area contributed by atoms with Gasteiger partial charge in [0.1, 0.15) is 10.7 Å². The number of sulfonamides is 1. The second-order valence-corrected chi connectivity index (χ2v) is 8.27. The van der Waals surface area contributed by atoms with Crippen molar-refractivity contribution >= 4 is 37.7 Å². The molecule has 0 amide bonds. The number of hydrogen-bond acceptors (Lipinski definition) is 5. The molecule has 20 heavy (non-hydrogen) atoms. The lowest BCUT2D eigenvalue weighted by molar-refractivity contribution is 0.463. The maximum atomic E-state index is 12.4. The Hall–Kier alpha value is -0.0200. The van der Waals surface area contributed by atoms with E-state index in [-0.39, 0.29) is 15.6 Å². The topological polar surface area (TPSA) is 71.3 Å². The van der Waals surface area contributed by atoms with Crippen LogP contribution >= 0.6 is 27.7 Å². The zero-order valence-electron chi connectivity index (χ0n) is 11.3. The summed E-state index contributed by atoms with van der Waals surface area (Å²) in [5, 5.41) is 3.11. The minimum Gasteiger partial charge on any atom is -0.452 e. The molecule has 1 fully saturated rings. The van der Waals surface area contributed by atoms with E-state index in [0.29, 0.717) is 12.3 Å². The maximum Gasteiger partial charge on any atom is 0.245 e. The molecule has 1 aromatic heterocycles. The first kappa shape index (κ1) is 16.4. The van der Waals surface area contributed by atoms with Crippen LogP contribution in [0, 0.1) is 0 Å². The molecule has 1 aliphatic rings. The first-order chi connectivity index (χ1) is 9.53. The Kier molecular flexibility index (Phi) is 5.97. The van der Waals surface area contributed by atoms with Crippen molar-refractivity contribution in [1.29, 1.82) is 0 Å². The van der Waals surface area contributed by atoms with Gasteiger partial charge in [-0.05, 0) is 46.8 Å². The van der Waals surface area contributed by atoms with Crippen LogP contribution in [0.25, 0.3) is 0 Å². The number of nitrogens with one attached hydrogen (secondary N) is 2. The van der Waals surface area contributed by atoms with E-state index in [1.807, 2.05) is 18.7 Å². The van der Waals surface area contributed by atoms with Crippen molar-refractivity contribution in [3.05, 3.63) is 16.5 Å². The molecule has 0 aliphatic carbocycles. The number of hydrogen-bond donors (Lipinski definition) is 2. The van der Waals surface area contributed by atoms with E-state index in [0.717, 1.165) is 30.9 Å². The molecule has 0 spiro atoms. The summed E-state index contributed by atoms with van der Waals surface area (Å²) in [6.07, 6.45) is 1.76. The van der Waals surface area contributed by atoms with Crippen LogP contribution in [0.15, 0.2) is 20.0 Å². The van der Waals surface area contributed by atoms with Crippen LogP contribution in [-0.2, 0) is 16.6 Å². The second kappa shape index (κ2) is 7.31. The number of halogens is 1. The van der Waals surface area contributed by atoms with Gasteiger partial charge in [-0.2, -0.15) is 11.8 Å². The predicted octanol–water partition coefficient (Wildman–Crippen LogP) is 2.33. The van der Waals surface area contributed by atoms with Crippen molar-refractivity contribution in [2.45, 2.75) is 37.2 Å². The van der Waals surface area contributed by atoms with Gasteiger partial charge < -0.3 is 9.73 Å². The molecular formula is C12H19BrN2O3S2. The summed E-state index contributed by atoms with van der Waals surface area (Å²) in [6, 6.07) is 1.60. The Labute approximate surface area is 132 Å². The molecular weight excluding hydrogens is 364 g/mol. The molecule has 5 nitrogen and oxygen atoms in total. The van der Waals surface area contributed by atoms with Gasteiger partial charge in [0.2, 0.25) is 10.0 Å². The zero-order chi connectivity index (χ0) is 14.6. The van der Waals surface area contributed by atoms with Gasteiger partial charge in [-0.15, -0.1) is 0 Å². The Morgan fingerprint density at radius 3 is 2.80 bits per heavy atom. The van der Waals surface area contributed by atoms with Crippen molar-refractivity contribution in [1.82, 2.24) is 10.0 Å². The summed E-state index contributed by atoms with van der Waals surface area (Å²) in [5.41, 5.74) is 0. The molecule has 1 aromatic rings. The molecule has 0 bridgehead atoms. The van der Waals surface area contributed by atoms with Crippen molar-refractivity contribution in [2.24, 2.45) is 0 Å². The van der Waals surface area contributed by atoms with Gasteiger partial charge in [-0.25, -0.2) is 13.1 Å². The minimum atomic E-state index is -3.52. The van der Waals surface area contributed by atoms with Crippen LogP contribution in [0.4, 0.5) is 0 Å². The van der Waals surface area contributed by atoms with Gasteiger partial charge in [-0.1, -0.05) is 6.92 Å². The fraction of sp³-hybridized carbons (Fsp3) is 0.667. The molecule has 1 saturated heterocycles. The second-order valence-electron chi connectivity index (χ2n) is 4.64. The predicted molar refractivity (Wildman–Crippen MR) is 84.5 cm³/mol. The van der Waals surface area contributed by atoms with Crippen LogP contribution in [0.5, 0.6) is 0 Å². The molecule has 0 atom stereocenters. The van der Waals surface area contributed by atoms with Crippen molar-refractivity contribution in [2.75, 3.05) is 18.1 Å². The van der Waals surface area contributed by atoms with E-state index in [2.05, 4.69) is 26.0 Å². The zero-order valence-corrected chi connectivity index (χ0v) is 14.5. The Bertz CT molecular complexity index is 539. The highest BCUT2D eigenvalue weighted by atomic mass is 79.9. The third kappa shape index (κ3) is 4.24. The minimum absolute atomic E-state index is 0.0280. The Morgan fingerprint density at radius 2 is 2.15 bits per heavy atom. The smallest absolute Gasteiger partial charge is 0.245 e. The van der Waals surface area contributed by atoms with Crippen LogP contribution in [0.3, 0.4) is 0 Å². The highest BCUT2D eigenvalue weighted by molar-refractivity contribution is 9.10. The molecule has 8 heteroatoms. The van der Waals surface area contributed by atoms with Gasteiger partial charge in [0.25, 0.3) is 0 Å². The SMILES string of the molecule is CCNCc1cc(S(=O)(=O)NC2CCSCC2)c(Br)o1. The summed E-state index contributed by atoms with van der Waals surface area (Å²) >= 11 is 5.06. The first-order valence-corrected chi connectivity index (χ1v) is 10.0. The molecule has 114 valence electrons. The van der Waals surface area contributed by atoms with Crippen LogP contribution < -0.4 is 10.0 Å². The molecule has 2 rings (SSSR count). The monoisotopic (exact) mass is 382 g/mol. The lowest BCUT2D eigenvalue weighted by Gasteiger charge is -2.21. The van der Waals surface area contributed by atoms with E-state index in [1.54, 1.807) is 6.07 Å². The average molecular weight is 383 g/mol. The van der Waals surface area contributed by atoms with Gasteiger partial charge in [0.15, 0.2) is 4.67 Å². The third-order valence-electron chi connectivity index (χ3n) is 3.09. The normalized spacial score (nSPS) is 17.5. The van der Waals surface area contributed by atoms with E-state index in [1.165, 1.54) is 0 Å². The summed E-state index contributed by atoms with van der Waals surface area (Å²) < 4.78 is 33.2. The van der Waals surface area contributed by atoms with Crippen LogP contribution in [0.1, 0.15) is 25.5 Å². The Morgan fingerprint density at radius 1 is 1.45 bits per heavy atom. The van der Waals surface area contributed by atoms with Gasteiger partial charge in [0.05, 0.1) is 6.54 Å². The third-order valence-corrected chi connectivity index (χ3v) is 6.51. The van der Waals surface area contributed by atoms with Crippen molar-refractivity contribution in [3.8, 4) is 0 Å². The molecule has 0 aromatic carbocycles. The van der Waals surface area contributed by atoms with Gasteiger partial charge in [0, 0.05) is 12.1 Å². The highest BCUT2D eigenvalue weighted by Crippen LogP contribution is 2.27. The van der Waals surface area contributed by atoms with E-state index in [9.17, 15) is 8.42 Å². The molecule has 0 radical (unpaired) electrons. The van der Waals surface area contributed by atoms with Crippen LogP contribution in [0.2, 0.25) is 0 Å². The quantitative estimate of drug-likeness (QED) is 0.789.